The lowest BCUT2D eigenvalue weighted by atomic mass is 9.88. The fourth-order valence-electron chi connectivity index (χ4n) is 4.02. The standard InChI is InChI=1S/C18H29NO3/c1-18(2,3)22-17(20)19-15-9-14(8-13-6-4-5-7-13)10-16(19)12-21-11-15/h9,13,15-16H,4-8,10-12H2,1-3H3. The fourth-order valence-corrected chi connectivity index (χ4v) is 4.02. The quantitative estimate of drug-likeness (QED) is 0.726. The highest BCUT2D eigenvalue weighted by Crippen LogP contribution is 2.36. The van der Waals surface area contributed by atoms with Crippen molar-refractivity contribution in [3.8, 4) is 0 Å². The van der Waals surface area contributed by atoms with Crippen LogP contribution in [0.4, 0.5) is 4.79 Å². The number of hydrogen-bond acceptors (Lipinski definition) is 3. The van der Waals surface area contributed by atoms with E-state index in [2.05, 4.69) is 6.08 Å². The van der Waals surface area contributed by atoms with Crippen LogP contribution in [0.3, 0.4) is 0 Å². The average Bonchev–Trinajstić information content (AvgIpc) is 2.88. The zero-order valence-corrected chi connectivity index (χ0v) is 14.1. The molecular formula is C18H29NO3. The van der Waals surface area contributed by atoms with Gasteiger partial charge in [0.1, 0.15) is 5.60 Å². The zero-order chi connectivity index (χ0) is 15.7. The molecule has 2 fully saturated rings. The van der Waals surface area contributed by atoms with E-state index in [9.17, 15) is 4.79 Å². The maximum absolute atomic E-state index is 12.5. The number of fused-ring (bicyclic) bond motifs is 2. The second-order valence-electron chi connectivity index (χ2n) is 8.03. The van der Waals surface area contributed by atoms with E-state index in [4.69, 9.17) is 9.47 Å². The summed E-state index contributed by atoms with van der Waals surface area (Å²) in [6.07, 6.45) is 9.77. The van der Waals surface area contributed by atoms with Gasteiger partial charge in [-0.05, 0) is 39.5 Å². The first-order valence-corrected chi connectivity index (χ1v) is 8.71. The van der Waals surface area contributed by atoms with Crippen LogP contribution in [0.2, 0.25) is 0 Å². The molecule has 2 bridgehead atoms. The van der Waals surface area contributed by atoms with Gasteiger partial charge in [0.15, 0.2) is 0 Å². The maximum atomic E-state index is 12.5. The molecular weight excluding hydrogens is 278 g/mol. The van der Waals surface area contributed by atoms with E-state index >= 15 is 0 Å². The van der Waals surface area contributed by atoms with Gasteiger partial charge in [0.2, 0.25) is 0 Å². The first kappa shape index (κ1) is 15.9. The lowest BCUT2D eigenvalue weighted by Crippen LogP contribution is -2.57. The smallest absolute Gasteiger partial charge is 0.411 e. The molecule has 3 rings (SSSR count). The molecule has 0 N–H and O–H groups in total. The zero-order valence-electron chi connectivity index (χ0n) is 14.1. The number of amides is 1. The van der Waals surface area contributed by atoms with Gasteiger partial charge in [-0.2, -0.15) is 0 Å². The van der Waals surface area contributed by atoms with Crippen molar-refractivity contribution in [2.75, 3.05) is 13.2 Å². The van der Waals surface area contributed by atoms with Crippen molar-refractivity contribution >= 4 is 6.09 Å². The lowest BCUT2D eigenvalue weighted by Gasteiger charge is -2.45. The maximum Gasteiger partial charge on any atom is 0.411 e. The monoisotopic (exact) mass is 307 g/mol. The summed E-state index contributed by atoms with van der Waals surface area (Å²) < 4.78 is 11.3. The molecule has 4 heteroatoms. The summed E-state index contributed by atoms with van der Waals surface area (Å²) in [4.78, 5) is 14.4. The van der Waals surface area contributed by atoms with Gasteiger partial charge in [0, 0.05) is 0 Å². The minimum atomic E-state index is -0.444. The molecule has 1 saturated heterocycles. The van der Waals surface area contributed by atoms with Crippen molar-refractivity contribution in [3.05, 3.63) is 11.6 Å². The first-order chi connectivity index (χ1) is 10.4. The van der Waals surface area contributed by atoms with Gasteiger partial charge in [-0.1, -0.05) is 37.3 Å². The molecule has 1 saturated carbocycles. The second kappa shape index (κ2) is 6.23. The second-order valence-corrected chi connectivity index (χ2v) is 8.03. The van der Waals surface area contributed by atoms with Gasteiger partial charge in [-0.3, -0.25) is 4.90 Å². The molecule has 0 aromatic carbocycles. The van der Waals surface area contributed by atoms with Gasteiger partial charge in [-0.15, -0.1) is 0 Å². The lowest BCUT2D eigenvalue weighted by molar-refractivity contribution is -0.0539. The number of rotatable bonds is 2. The highest BCUT2D eigenvalue weighted by Gasteiger charge is 2.40. The van der Waals surface area contributed by atoms with Crippen LogP contribution in [0.5, 0.6) is 0 Å². The van der Waals surface area contributed by atoms with Crippen LogP contribution in [-0.2, 0) is 9.47 Å². The highest BCUT2D eigenvalue weighted by atomic mass is 16.6. The molecule has 2 aliphatic heterocycles. The Hall–Kier alpha value is -1.03. The third kappa shape index (κ3) is 3.65. The van der Waals surface area contributed by atoms with Crippen LogP contribution in [0.15, 0.2) is 11.6 Å². The first-order valence-electron chi connectivity index (χ1n) is 8.71. The summed E-state index contributed by atoms with van der Waals surface area (Å²) in [5.74, 6) is 0.862. The van der Waals surface area contributed by atoms with Crippen molar-refractivity contribution in [2.24, 2.45) is 5.92 Å². The number of nitrogens with zero attached hydrogens (tertiary/aromatic N) is 1. The topological polar surface area (TPSA) is 38.8 Å². The number of morpholine rings is 1. The third-order valence-corrected chi connectivity index (χ3v) is 4.91. The molecule has 124 valence electrons. The van der Waals surface area contributed by atoms with Crippen LogP contribution in [0, 0.1) is 5.92 Å². The number of carbonyl (C=O) groups is 1. The predicted octanol–water partition coefficient (Wildman–Crippen LogP) is 3.90. The van der Waals surface area contributed by atoms with E-state index in [1.165, 1.54) is 37.7 Å². The Morgan fingerprint density at radius 1 is 1.32 bits per heavy atom. The molecule has 4 nitrogen and oxygen atoms in total. The minimum absolute atomic E-state index is 0.0544. The Kier molecular flexibility index (Phi) is 4.49. The van der Waals surface area contributed by atoms with E-state index in [0.29, 0.717) is 13.2 Å². The van der Waals surface area contributed by atoms with Gasteiger partial charge in [0.05, 0.1) is 25.3 Å². The van der Waals surface area contributed by atoms with E-state index in [1.54, 1.807) is 0 Å². The van der Waals surface area contributed by atoms with E-state index in [1.807, 2.05) is 25.7 Å². The Labute approximate surface area is 133 Å². The Morgan fingerprint density at radius 3 is 2.68 bits per heavy atom. The number of carbonyl (C=O) groups excluding carboxylic acids is 1. The van der Waals surface area contributed by atoms with Gasteiger partial charge in [0.25, 0.3) is 0 Å². The van der Waals surface area contributed by atoms with Gasteiger partial charge < -0.3 is 9.47 Å². The molecule has 0 aromatic heterocycles. The molecule has 0 aromatic rings. The van der Waals surface area contributed by atoms with Crippen LogP contribution in [0.25, 0.3) is 0 Å². The summed E-state index contributed by atoms with van der Waals surface area (Å²) in [6, 6.07) is 0.203. The molecule has 0 spiro atoms. The number of ether oxygens (including phenoxy) is 2. The molecule has 1 aliphatic carbocycles. The van der Waals surface area contributed by atoms with Crippen LogP contribution < -0.4 is 0 Å². The van der Waals surface area contributed by atoms with E-state index < -0.39 is 5.60 Å². The molecule has 3 aliphatic rings. The van der Waals surface area contributed by atoms with Crippen molar-refractivity contribution in [2.45, 2.75) is 77.0 Å². The van der Waals surface area contributed by atoms with Crippen molar-refractivity contribution in [1.29, 1.82) is 0 Å². The Morgan fingerprint density at radius 2 is 2.05 bits per heavy atom. The summed E-state index contributed by atoms with van der Waals surface area (Å²) in [7, 11) is 0. The van der Waals surface area contributed by atoms with Crippen LogP contribution in [-0.4, -0.2) is 41.9 Å². The predicted molar refractivity (Wildman–Crippen MR) is 85.7 cm³/mol. The van der Waals surface area contributed by atoms with Crippen LogP contribution >= 0.6 is 0 Å². The Bertz CT molecular complexity index is 446. The summed E-state index contributed by atoms with van der Waals surface area (Å²) >= 11 is 0. The SMILES string of the molecule is CC(C)(C)OC(=O)N1C2C=C(CC3CCCC3)CC1COC2. The molecule has 2 unspecified atom stereocenters. The molecule has 2 heterocycles. The summed E-state index contributed by atoms with van der Waals surface area (Å²) in [6.45, 7) is 7.00. The largest absolute Gasteiger partial charge is 0.444 e. The third-order valence-electron chi connectivity index (χ3n) is 4.91. The number of hydrogen-bond donors (Lipinski definition) is 0. The van der Waals surface area contributed by atoms with Gasteiger partial charge >= 0.3 is 6.09 Å². The molecule has 1 amide bonds. The normalized spacial score (nSPS) is 29.4. The van der Waals surface area contributed by atoms with E-state index in [-0.39, 0.29) is 18.2 Å². The summed E-state index contributed by atoms with van der Waals surface area (Å²) in [5.41, 5.74) is 1.09. The molecule has 22 heavy (non-hydrogen) atoms. The highest BCUT2D eigenvalue weighted by molar-refractivity contribution is 5.70. The molecule has 2 atom stereocenters. The van der Waals surface area contributed by atoms with Crippen LogP contribution in [0.1, 0.15) is 59.3 Å². The molecule has 0 radical (unpaired) electrons. The fraction of sp³-hybridized carbons (Fsp3) is 0.833. The van der Waals surface area contributed by atoms with Crippen molar-refractivity contribution in [3.63, 3.8) is 0 Å². The van der Waals surface area contributed by atoms with Crippen molar-refractivity contribution in [1.82, 2.24) is 4.90 Å². The Balaban J connectivity index is 1.69. The van der Waals surface area contributed by atoms with Crippen molar-refractivity contribution < 1.29 is 14.3 Å². The average molecular weight is 307 g/mol. The summed E-state index contributed by atoms with van der Waals surface area (Å²) in [5, 5.41) is 0. The van der Waals surface area contributed by atoms with Gasteiger partial charge in [-0.25, -0.2) is 4.79 Å². The van der Waals surface area contributed by atoms with E-state index in [0.717, 1.165) is 12.3 Å². The minimum Gasteiger partial charge on any atom is -0.444 e.